The lowest BCUT2D eigenvalue weighted by atomic mass is 9.87. The van der Waals surface area contributed by atoms with E-state index in [-0.39, 0.29) is 63.5 Å². The number of nitrogens with one attached hydrogen (secondary N) is 1. The maximum atomic E-state index is 14.4. The van der Waals surface area contributed by atoms with Gasteiger partial charge < -0.3 is 24.4 Å². The molecular weight excluding hydrogens is 725 g/mol. The number of amides is 2. The SMILES string of the molecule is O=C(NC1(C(=O)OCC2c3ccccc3-c3ccccc32)CCN(C(=O)OCC2c3ccccc3-c3ccccc32)CC1)OCC1c2ccccc2-c2ccccc21. The van der Waals surface area contributed by atoms with Gasteiger partial charge in [-0.3, -0.25) is 0 Å². The summed E-state index contributed by atoms with van der Waals surface area (Å²) in [5.74, 6) is -0.908. The molecule has 1 fully saturated rings. The molecule has 4 aliphatic rings. The van der Waals surface area contributed by atoms with Crippen LogP contribution < -0.4 is 5.32 Å². The van der Waals surface area contributed by atoms with E-state index in [4.69, 9.17) is 14.2 Å². The summed E-state index contributed by atoms with van der Waals surface area (Å²) in [5, 5.41) is 2.96. The van der Waals surface area contributed by atoms with Gasteiger partial charge in [0.25, 0.3) is 0 Å². The number of carbonyl (C=O) groups is 3. The highest BCUT2D eigenvalue weighted by Crippen LogP contribution is 2.47. The smallest absolute Gasteiger partial charge is 0.409 e. The molecule has 1 heterocycles. The lowest BCUT2D eigenvalue weighted by Crippen LogP contribution is -2.61. The van der Waals surface area contributed by atoms with Crippen molar-refractivity contribution in [2.45, 2.75) is 36.1 Å². The number of piperidine rings is 1. The number of hydrogen-bond acceptors (Lipinski definition) is 6. The largest absolute Gasteiger partial charge is 0.463 e. The van der Waals surface area contributed by atoms with Crippen LogP contribution in [0.2, 0.25) is 0 Å². The average molecular weight is 767 g/mol. The number of fused-ring (bicyclic) bond motifs is 9. The number of ether oxygens (including phenoxy) is 3. The van der Waals surface area contributed by atoms with E-state index >= 15 is 0 Å². The highest BCUT2D eigenvalue weighted by Gasteiger charge is 2.47. The fraction of sp³-hybridized carbons (Fsp3) is 0.220. The van der Waals surface area contributed by atoms with Gasteiger partial charge in [-0.05, 0) is 79.6 Å². The minimum Gasteiger partial charge on any atom is -0.463 e. The Bertz CT molecular complexity index is 2440. The van der Waals surface area contributed by atoms with Crippen LogP contribution in [-0.4, -0.2) is 61.5 Å². The van der Waals surface area contributed by atoms with Crippen molar-refractivity contribution in [1.29, 1.82) is 0 Å². The van der Waals surface area contributed by atoms with Gasteiger partial charge in [0.05, 0.1) is 0 Å². The summed E-state index contributed by atoms with van der Waals surface area (Å²) in [6.45, 7) is 0.775. The van der Waals surface area contributed by atoms with Crippen molar-refractivity contribution in [3.63, 3.8) is 0 Å². The number of likely N-dealkylation sites (tertiary alicyclic amines) is 1. The van der Waals surface area contributed by atoms with Crippen LogP contribution in [0.15, 0.2) is 146 Å². The molecule has 10 rings (SSSR count). The Balaban J connectivity index is 0.852. The van der Waals surface area contributed by atoms with Crippen LogP contribution in [0.4, 0.5) is 9.59 Å². The molecule has 0 aromatic heterocycles. The molecule has 6 aromatic carbocycles. The number of esters is 1. The first-order valence-corrected chi connectivity index (χ1v) is 20.1. The molecule has 8 heteroatoms. The Morgan fingerprint density at radius 2 is 0.776 bits per heavy atom. The van der Waals surface area contributed by atoms with Gasteiger partial charge in [0.1, 0.15) is 25.4 Å². The first-order valence-electron chi connectivity index (χ1n) is 20.1. The third kappa shape index (κ3) is 6.11. The normalized spacial score (nSPS) is 16.0. The Morgan fingerprint density at radius 1 is 0.466 bits per heavy atom. The number of hydrogen-bond donors (Lipinski definition) is 1. The van der Waals surface area contributed by atoms with E-state index in [2.05, 4.69) is 78.1 Å². The van der Waals surface area contributed by atoms with Gasteiger partial charge in [-0.1, -0.05) is 146 Å². The van der Waals surface area contributed by atoms with Gasteiger partial charge >= 0.3 is 18.2 Å². The number of benzene rings is 6. The number of nitrogens with zero attached hydrogens (tertiary/aromatic N) is 1. The van der Waals surface area contributed by atoms with Crippen molar-refractivity contribution in [3.8, 4) is 33.4 Å². The molecule has 6 aromatic rings. The van der Waals surface area contributed by atoms with E-state index in [0.717, 1.165) is 66.8 Å². The number of carbonyl (C=O) groups excluding carboxylic acids is 3. The Morgan fingerprint density at radius 3 is 1.14 bits per heavy atom. The molecule has 1 N–H and O–H groups in total. The summed E-state index contributed by atoms with van der Waals surface area (Å²) in [4.78, 5) is 43.5. The summed E-state index contributed by atoms with van der Waals surface area (Å²) in [6.07, 6.45) is -0.884. The topological polar surface area (TPSA) is 94.2 Å². The first kappa shape index (κ1) is 35.7. The molecule has 8 nitrogen and oxygen atoms in total. The van der Waals surface area contributed by atoms with Crippen molar-refractivity contribution in [3.05, 3.63) is 179 Å². The monoisotopic (exact) mass is 766 g/mol. The molecule has 1 saturated heterocycles. The van der Waals surface area contributed by atoms with E-state index in [1.54, 1.807) is 4.90 Å². The summed E-state index contributed by atoms with van der Waals surface area (Å²) < 4.78 is 18.1. The van der Waals surface area contributed by atoms with Crippen LogP contribution in [-0.2, 0) is 19.0 Å². The Labute approximate surface area is 337 Å². The van der Waals surface area contributed by atoms with Crippen molar-refractivity contribution in [1.82, 2.24) is 10.2 Å². The van der Waals surface area contributed by atoms with Crippen molar-refractivity contribution in [2.75, 3.05) is 32.9 Å². The van der Waals surface area contributed by atoms with Gasteiger partial charge in [0.15, 0.2) is 0 Å². The third-order valence-corrected chi connectivity index (χ3v) is 12.6. The van der Waals surface area contributed by atoms with Crippen LogP contribution >= 0.6 is 0 Å². The quantitative estimate of drug-likeness (QED) is 0.123. The van der Waals surface area contributed by atoms with Gasteiger partial charge in [-0.2, -0.15) is 0 Å². The molecule has 0 saturated carbocycles. The summed E-state index contributed by atoms with van der Waals surface area (Å²) in [7, 11) is 0. The van der Waals surface area contributed by atoms with Gasteiger partial charge in [0, 0.05) is 30.8 Å². The second-order valence-corrected chi connectivity index (χ2v) is 15.6. The molecule has 0 atom stereocenters. The predicted molar refractivity (Wildman–Crippen MR) is 221 cm³/mol. The average Bonchev–Trinajstić information content (AvgIpc) is 3.89. The molecule has 3 aliphatic carbocycles. The van der Waals surface area contributed by atoms with Crippen LogP contribution in [0.25, 0.3) is 33.4 Å². The zero-order valence-corrected chi connectivity index (χ0v) is 31.9. The van der Waals surface area contributed by atoms with Crippen molar-refractivity contribution in [2.24, 2.45) is 0 Å². The zero-order valence-electron chi connectivity index (χ0n) is 31.9. The second-order valence-electron chi connectivity index (χ2n) is 15.6. The molecule has 0 unspecified atom stereocenters. The lowest BCUT2D eigenvalue weighted by Gasteiger charge is -2.39. The molecular formula is C50H42N2O6. The van der Waals surface area contributed by atoms with Gasteiger partial charge in [0.2, 0.25) is 0 Å². The molecule has 0 radical (unpaired) electrons. The minimum absolute atomic E-state index is 0.0729. The third-order valence-electron chi connectivity index (χ3n) is 12.6. The van der Waals surface area contributed by atoms with Crippen LogP contribution in [0, 0.1) is 0 Å². The predicted octanol–water partition coefficient (Wildman–Crippen LogP) is 9.66. The van der Waals surface area contributed by atoms with Gasteiger partial charge in [-0.15, -0.1) is 0 Å². The van der Waals surface area contributed by atoms with Crippen molar-refractivity contribution >= 4 is 18.2 Å². The Kier molecular flexibility index (Phi) is 9.04. The van der Waals surface area contributed by atoms with Gasteiger partial charge in [-0.25, -0.2) is 14.4 Å². The minimum atomic E-state index is -1.42. The van der Waals surface area contributed by atoms with E-state index in [1.807, 2.05) is 72.8 Å². The highest BCUT2D eigenvalue weighted by molar-refractivity contribution is 5.87. The van der Waals surface area contributed by atoms with E-state index in [0.29, 0.717) is 0 Å². The van der Waals surface area contributed by atoms with Crippen molar-refractivity contribution < 1.29 is 28.6 Å². The number of alkyl carbamates (subject to hydrolysis) is 1. The molecule has 288 valence electrons. The van der Waals surface area contributed by atoms with Crippen LogP contribution in [0.1, 0.15) is 64.0 Å². The zero-order chi connectivity index (χ0) is 39.2. The maximum absolute atomic E-state index is 14.4. The molecule has 0 spiro atoms. The second kappa shape index (κ2) is 14.7. The maximum Gasteiger partial charge on any atom is 0.409 e. The molecule has 2 amide bonds. The molecule has 58 heavy (non-hydrogen) atoms. The standard InChI is InChI=1S/C50H42N2O6/c53-47(56-29-44-38-19-7-1-13-32(38)33-14-2-8-20-39(33)44)50(51-48(54)57-30-45-40-21-9-3-15-34(40)35-16-4-10-22-41(35)45)25-27-52(28-26-50)49(55)58-31-46-42-23-11-5-17-36(42)37-18-6-12-24-43(37)46/h1-24,44-46H,25-31H2,(H,51,54). The first-order chi connectivity index (χ1) is 28.5. The summed E-state index contributed by atoms with van der Waals surface area (Å²) in [6, 6.07) is 49.1. The van der Waals surface area contributed by atoms with E-state index < -0.39 is 23.7 Å². The summed E-state index contributed by atoms with van der Waals surface area (Å²) >= 11 is 0. The van der Waals surface area contributed by atoms with E-state index in [9.17, 15) is 14.4 Å². The van der Waals surface area contributed by atoms with Crippen LogP contribution in [0.3, 0.4) is 0 Å². The lowest BCUT2D eigenvalue weighted by molar-refractivity contribution is -0.154. The molecule has 1 aliphatic heterocycles. The summed E-state index contributed by atoms with van der Waals surface area (Å²) in [5.41, 5.74) is 12.1. The van der Waals surface area contributed by atoms with Crippen LogP contribution in [0.5, 0.6) is 0 Å². The number of rotatable bonds is 8. The molecule has 0 bridgehead atoms. The fourth-order valence-corrected chi connectivity index (χ4v) is 9.70. The highest BCUT2D eigenvalue weighted by atomic mass is 16.6. The van der Waals surface area contributed by atoms with E-state index in [1.165, 1.54) is 0 Å². The fourth-order valence-electron chi connectivity index (χ4n) is 9.70. The Hall–Kier alpha value is -6.67.